The summed E-state index contributed by atoms with van der Waals surface area (Å²) in [6.45, 7) is 8.45. The summed E-state index contributed by atoms with van der Waals surface area (Å²) in [5.74, 6) is 2.80. The van der Waals surface area contributed by atoms with Gasteiger partial charge in [0.15, 0.2) is 0 Å². The number of hydrogen-bond donors (Lipinski definition) is 1. The molecule has 0 radical (unpaired) electrons. The maximum Gasteiger partial charge on any atom is 0.236 e. The fourth-order valence-corrected chi connectivity index (χ4v) is 1.67. The van der Waals surface area contributed by atoms with Gasteiger partial charge in [-0.05, 0) is 12.5 Å². The van der Waals surface area contributed by atoms with E-state index in [9.17, 15) is 0 Å². The molecule has 6 heteroatoms. The van der Waals surface area contributed by atoms with Gasteiger partial charge in [-0.15, -0.1) is 10.2 Å². The molecular formula is C12H19N5O. The van der Waals surface area contributed by atoms with Crippen molar-refractivity contribution in [3.8, 4) is 0 Å². The standard InChI is InChI=1S/C12H19N5O/c1-9(2)6-13-7-11-14-4-5-17(11)8-12-16-15-10(3)18-12/h4-5,9,13H,6-8H2,1-3H3. The van der Waals surface area contributed by atoms with Gasteiger partial charge in [-0.1, -0.05) is 13.8 Å². The van der Waals surface area contributed by atoms with Crippen molar-refractivity contribution in [1.29, 1.82) is 0 Å². The molecule has 2 aromatic heterocycles. The molecule has 2 aromatic rings. The number of hydrogen-bond acceptors (Lipinski definition) is 5. The van der Waals surface area contributed by atoms with Gasteiger partial charge < -0.3 is 14.3 Å². The van der Waals surface area contributed by atoms with Crippen molar-refractivity contribution >= 4 is 0 Å². The second-order valence-corrected chi connectivity index (χ2v) is 4.71. The van der Waals surface area contributed by atoms with Crippen LogP contribution in [-0.4, -0.2) is 26.3 Å². The molecule has 0 aliphatic rings. The van der Waals surface area contributed by atoms with Crippen molar-refractivity contribution in [3.05, 3.63) is 30.0 Å². The van der Waals surface area contributed by atoms with E-state index in [-0.39, 0.29) is 0 Å². The Morgan fingerprint density at radius 2 is 2.22 bits per heavy atom. The average molecular weight is 249 g/mol. The summed E-state index contributed by atoms with van der Waals surface area (Å²) in [5.41, 5.74) is 0. The summed E-state index contributed by atoms with van der Waals surface area (Å²) in [6.07, 6.45) is 3.71. The molecule has 98 valence electrons. The van der Waals surface area contributed by atoms with Crippen molar-refractivity contribution < 1.29 is 4.42 Å². The van der Waals surface area contributed by atoms with E-state index in [4.69, 9.17) is 4.42 Å². The van der Waals surface area contributed by atoms with Gasteiger partial charge in [0.2, 0.25) is 11.8 Å². The highest BCUT2D eigenvalue weighted by Crippen LogP contribution is 2.04. The molecule has 2 heterocycles. The van der Waals surface area contributed by atoms with Crippen LogP contribution in [0.2, 0.25) is 0 Å². The van der Waals surface area contributed by atoms with Crippen LogP contribution in [-0.2, 0) is 13.1 Å². The van der Waals surface area contributed by atoms with Gasteiger partial charge in [-0.25, -0.2) is 4.98 Å². The molecule has 0 aromatic carbocycles. The van der Waals surface area contributed by atoms with E-state index < -0.39 is 0 Å². The normalized spacial score (nSPS) is 11.3. The molecule has 6 nitrogen and oxygen atoms in total. The molecular weight excluding hydrogens is 230 g/mol. The topological polar surface area (TPSA) is 68.8 Å². The minimum Gasteiger partial charge on any atom is -0.424 e. The number of rotatable bonds is 6. The van der Waals surface area contributed by atoms with Crippen LogP contribution in [0.3, 0.4) is 0 Å². The number of nitrogens with one attached hydrogen (secondary N) is 1. The number of aromatic nitrogens is 4. The monoisotopic (exact) mass is 249 g/mol. The third-order valence-electron chi connectivity index (χ3n) is 2.51. The van der Waals surface area contributed by atoms with Gasteiger partial charge in [0, 0.05) is 19.3 Å². The van der Waals surface area contributed by atoms with Gasteiger partial charge in [0.25, 0.3) is 0 Å². The Labute approximate surface area is 106 Å². The number of aryl methyl sites for hydroxylation is 1. The Kier molecular flexibility index (Phi) is 4.09. The Morgan fingerprint density at radius 1 is 1.39 bits per heavy atom. The van der Waals surface area contributed by atoms with Gasteiger partial charge in [0.05, 0.1) is 6.54 Å². The van der Waals surface area contributed by atoms with E-state index in [0.717, 1.165) is 18.9 Å². The molecule has 0 bridgehead atoms. The number of nitrogens with zero attached hydrogens (tertiary/aromatic N) is 4. The molecule has 0 saturated carbocycles. The summed E-state index contributed by atoms with van der Waals surface area (Å²) in [7, 11) is 0. The third kappa shape index (κ3) is 3.40. The summed E-state index contributed by atoms with van der Waals surface area (Å²) in [5, 5.41) is 11.2. The molecule has 0 fully saturated rings. The van der Waals surface area contributed by atoms with Crippen molar-refractivity contribution in [2.45, 2.75) is 33.9 Å². The molecule has 0 aliphatic carbocycles. The fraction of sp³-hybridized carbons (Fsp3) is 0.583. The van der Waals surface area contributed by atoms with E-state index in [1.54, 1.807) is 13.1 Å². The SMILES string of the molecule is Cc1nnc(Cn2ccnc2CNCC(C)C)o1. The smallest absolute Gasteiger partial charge is 0.236 e. The fourth-order valence-electron chi connectivity index (χ4n) is 1.67. The maximum atomic E-state index is 5.36. The first-order chi connectivity index (χ1) is 8.65. The quantitative estimate of drug-likeness (QED) is 0.837. The highest BCUT2D eigenvalue weighted by atomic mass is 16.4. The Bertz CT molecular complexity index is 488. The zero-order valence-corrected chi connectivity index (χ0v) is 11.1. The van der Waals surface area contributed by atoms with Gasteiger partial charge >= 0.3 is 0 Å². The van der Waals surface area contributed by atoms with Crippen LogP contribution in [0.25, 0.3) is 0 Å². The van der Waals surface area contributed by atoms with Gasteiger partial charge in [0.1, 0.15) is 12.4 Å². The highest BCUT2D eigenvalue weighted by Gasteiger charge is 2.07. The molecule has 1 N–H and O–H groups in total. The van der Waals surface area contributed by atoms with Crippen LogP contribution in [0.5, 0.6) is 0 Å². The lowest BCUT2D eigenvalue weighted by Crippen LogP contribution is -2.21. The van der Waals surface area contributed by atoms with E-state index in [1.165, 1.54) is 0 Å². The minimum absolute atomic E-state index is 0.569. The molecule has 0 aliphatic heterocycles. The molecule has 0 unspecified atom stereocenters. The number of imidazole rings is 1. The molecule has 0 spiro atoms. The van der Waals surface area contributed by atoms with E-state index in [0.29, 0.717) is 24.2 Å². The van der Waals surface area contributed by atoms with Gasteiger partial charge in [-0.3, -0.25) is 0 Å². The van der Waals surface area contributed by atoms with Crippen LogP contribution >= 0.6 is 0 Å². The first kappa shape index (κ1) is 12.8. The zero-order valence-electron chi connectivity index (χ0n) is 11.1. The average Bonchev–Trinajstić information content (AvgIpc) is 2.89. The van der Waals surface area contributed by atoms with E-state index in [2.05, 4.69) is 34.3 Å². The lowest BCUT2D eigenvalue weighted by Gasteiger charge is -2.08. The van der Waals surface area contributed by atoms with Crippen LogP contribution < -0.4 is 5.32 Å². The second-order valence-electron chi connectivity index (χ2n) is 4.71. The van der Waals surface area contributed by atoms with Crippen LogP contribution in [0.15, 0.2) is 16.8 Å². The van der Waals surface area contributed by atoms with Crippen LogP contribution in [0, 0.1) is 12.8 Å². The van der Waals surface area contributed by atoms with Crippen molar-refractivity contribution in [1.82, 2.24) is 25.1 Å². The van der Waals surface area contributed by atoms with Crippen molar-refractivity contribution in [3.63, 3.8) is 0 Å². The Hall–Kier alpha value is -1.69. The lowest BCUT2D eigenvalue weighted by atomic mass is 10.2. The molecule has 2 rings (SSSR count). The Balaban J connectivity index is 1.95. The Morgan fingerprint density at radius 3 is 2.89 bits per heavy atom. The van der Waals surface area contributed by atoms with Crippen LogP contribution in [0.1, 0.15) is 31.5 Å². The second kappa shape index (κ2) is 5.77. The molecule has 0 saturated heterocycles. The first-order valence-corrected chi connectivity index (χ1v) is 6.15. The largest absolute Gasteiger partial charge is 0.424 e. The lowest BCUT2D eigenvalue weighted by molar-refractivity contribution is 0.447. The summed E-state index contributed by atoms with van der Waals surface area (Å²) in [6, 6.07) is 0. The summed E-state index contributed by atoms with van der Waals surface area (Å²) >= 11 is 0. The predicted molar refractivity (Wildman–Crippen MR) is 66.9 cm³/mol. The zero-order chi connectivity index (χ0) is 13.0. The molecule has 0 atom stereocenters. The summed E-state index contributed by atoms with van der Waals surface area (Å²) in [4.78, 5) is 4.33. The maximum absolute atomic E-state index is 5.36. The molecule has 0 amide bonds. The predicted octanol–water partition coefficient (Wildman–Crippen LogP) is 1.37. The third-order valence-corrected chi connectivity index (χ3v) is 2.51. The summed E-state index contributed by atoms with van der Waals surface area (Å²) < 4.78 is 7.38. The van der Waals surface area contributed by atoms with Crippen molar-refractivity contribution in [2.24, 2.45) is 5.92 Å². The van der Waals surface area contributed by atoms with Crippen LogP contribution in [0.4, 0.5) is 0 Å². The van der Waals surface area contributed by atoms with Crippen molar-refractivity contribution in [2.75, 3.05) is 6.54 Å². The highest BCUT2D eigenvalue weighted by molar-refractivity contribution is 4.95. The molecule has 18 heavy (non-hydrogen) atoms. The van der Waals surface area contributed by atoms with Gasteiger partial charge in [-0.2, -0.15) is 0 Å². The minimum atomic E-state index is 0.569. The van der Waals surface area contributed by atoms with E-state index >= 15 is 0 Å². The first-order valence-electron chi connectivity index (χ1n) is 6.15. The van der Waals surface area contributed by atoms with E-state index in [1.807, 2.05) is 10.8 Å².